The fourth-order valence-electron chi connectivity index (χ4n) is 3.94. The predicted molar refractivity (Wildman–Crippen MR) is 90.6 cm³/mol. The average Bonchev–Trinajstić information content (AvgIpc) is 2.76. The highest BCUT2D eigenvalue weighted by atomic mass is 19.4. The van der Waals surface area contributed by atoms with Crippen LogP contribution in [0.1, 0.15) is 53.6 Å². The first-order valence-electron chi connectivity index (χ1n) is 8.94. The summed E-state index contributed by atoms with van der Waals surface area (Å²) in [5.74, 6) is -0.272. The Bertz CT molecular complexity index is 707. The number of alkyl halides is 3. The molecule has 1 aromatic rings. The molecular formula is C19H23F3N2O2. The number of amides is 2. The number of benzene rings is 1. The van der Waals surface area contributed by atoms with Crippen LogP contribution in [0.4, 0.5) is 13.2 Å². The lowest BCUT2D eigenvalue weighted by Crippen LogP contribution is -2.43. The Morgan fingerprint density at radius 3 is 2.50 bits per heavy atom. The highest BCUT2D eigenvalue weighted by Crippen LogP contribution is 2.40. The molecule has 2 aliphatic heterocycles. The molecule has 2 fully saturated rings. The molecule has 2 saturated heterocycles. The molecule has 0 aromatic heterocycles. The summed E-state index contributed by atoms with van der Waals surface area (Å²) in [6.07, 6.45) is -0.695. The van der Waals surface area contributed by atoms with E-state index in [0.717, 1.165) is 37.8 Å². The molecule has 1 aromatic carbocycles. The third kappa shape index (κ3) is 3.86. The summed E-state index contributed by atoms with van der Waals surface area (Å²) in [5.41, 5.74) is -0.0759. The first kappa shape index (κ1) is 18.7. The maximum absolute atomic E-state index is 13.0. The van der Waals surface area contributed by atoms with Crippen molar-refractivity contribution in [3.8, 4) is 0 Å². The van der Waals surface area contributed by atoms with Crippen LogP contribution in [0.15, 0.2) is 18.2 Å². The van der Waals surface area contributed by atoms with Crippen LogP contribution in [0, 0.1) is 12.3 Å². The van der Waals surface area contributed by atoms with Gasteiger partial charge in [-0.05, 0) is 55.7 Å². The SMILES string of the molecule is Cc1ccc(C(F)(F)F)cc1C(=O)N1CCC2(CCNC(=O)CC2)CC1. The normalized spacial score (nSPS) is 20.6. The quantitative estimate of drug-likeness (QED) is 0.824. The highest BCUT2D eigenvalue weighted by Gasteiger charge is 2.38. The fraction of sp³-hybridized carbons (Fsp3) is 0.579. The molecule has 4 nitrogen and oxygen atoms in total. The van der Waals surface area contributed by atoms with Crippen LogP contribution in [-0.4, -0.2) is 36.3 Å². The summed E-state index contributed by atoms with van der Waals surface area (Å²) in [4.78, 5) is 26.0. The third-order valence-corrected chi connectivity index (χ3v) is 5.77. The van der Waals surface area contributed by atoms with Gasteiger partial charge in [0.15, 0.2) is 0 Å². The van der Waals surface area contributed by atoms with E-state index in [0.29, 0.717) is 31.6 Å². The number of hydrogen-bond donors (Lipinski definition) is 1. The lowest BCUT2D eigenvalue weighted by atomic mass is 9.73. The number of piperidine rings is 1. The average molecular weight is 368 g/mol. The Labute approximate surface area is 150 Å². The number of rotatable bonds is 1. The van der Waals surface area contributed by atoms with Crippen LogP contribution >= 0.6 is 0 Å². The molecule has 1 N–H and O–H groups in total. The van der Waals surface area contributed by atoms with Crippen molar-refractivity contribution in [1.29, 1.82) is 0 Å². The Morgan fingerprint density at radius 1 is 1.15 bits per heavy atom. The zero-order chi connectivity index (χ0) is 18.9. The summed E-state index contributed by atoms with van der Waals surface area (Å²) in [5, 5.41) is 2.88. The van der Waals surface area contributed by atoms with Gasteiger partial charge in [-0.3, -0.25) is 9.59 Å². The van der Waals surface area contributed by atoms with E-state index in [1.54, 1.807) is 11.8 Å². The minimum Gasteiger partial charge on any atom is -0.356 e. The van der Waals surface area contributed by atoms with E-state index in [4.69, 9.17) is 0 Å². The minimum absolute atomic E-state index is 0.0544. The van der Waals surface area contributed by atoms with Gasteiger partial charge in [0.2, 0.25) is 5.91 Å². The number of nitrogens with one attached hydrogen (secondary N) is 1. The first-order chi connectivity index (χ1) is 12.2. The van der Waals surface area contributed by atoms with Gasteiger partial charge in [0.05, 0.1) is 5.56 Å². The molecule has 0 unspecified atom stereocenters. The smallest absolute Gasteiger partial charge is 0.356 e. The first-order valence-corrected chi connectivity index (χ1v) is 8.94. The molecule has 0 saturated carbocycles. The van der Waals surface area contributed by atoms with Gasteiger partial charge in [0, 0.05) is 31.6 Å². The number of nitrogens with zero attached hydrogens (tertiary/aromatic N) is 1. The van der Waals surface area contributed by atoms with Crippen molar-refractivity contribution in [3.63, 3.8) is 0 Å². The van der Waals surface area contributed by atoms with Gasteiger partial charge < -0.3 is 10.2 Å². The highest BCUT2D eigenvalue weighted by molar-refractivity contribution is 5.96. The lowest BCUT2D eigenvalue weighted by molar-refractivity contribution is -0.137. The van der Waals surface area contributed by atoms with Gasteiger partial charge in [0.25, 0.3) is 5.91 Å². The number of carbonyl (C=O) groups excluding carboxylic acids is 2. The molecule has 2 amide bonds. The standard InChI is InChI=1S/C19H23F3N2O2/c1-13-2-3-14(19(20,21)22)12-15(13)17(26)24-10-7-18(8-11-24)5-4-16(25)23-9-6-18/h2-3,12H,4-11H2,1H3,(H,23,25). The Morgan fingerprint density at radius 2 is 1.85 bits per heavy atom. The van der Waals surface area contributed by atoms with Crippen molar-refractivity contribution in [2.45, 2.75) is 45.2 Å². The van der Waals surface area contributed by atoms with E-state index in [-0.39, 0.29) is 22.8 Å². The Hall–Kier alpha value is -2.05. The fourth-order valence-corrected chi connectivity index (χ4v) is 3.94. The van der Waals surface area contributed by atoms with Gasteiger partial charge in [-0.15, -0.1) is 0 Å². The molecule has 0 bridgehead atoms. The van der Waals surface area contributed by atoms with Crippen molar-refractivity contribution < 1.29 is 22.8 Å². The summed E-state index contributed by atoms with van der Waals surface area (Å²) < 4.78 is 38.9. The van der Waals surface area contributed by atoms with Crippen LogP contribution in [0.2, 0.25) is 0 Å². The second kappa shape index (κ2) is 6.93. The lowest BCUT2D eigenvalue weighted by Gasteiger charge is -2.41. The maximum atomic E-state index is 13.0. The minimum atomic E-state index is -4.46. The molecule has 1 spiro atoms. The molecule has 142 valence electrons. The second-order valence-electron chi connectivity index (χ2n) is 7.42. The van der Waals surface area contributed by atoms with Crippen molar-refractivity contribution in [2.24, 2.45) is 5.41 Å². The molecule has 0 radical (unpaired) electrons. The molecule has 7 heteroatoms. The van der Waals surface area contributed by atoms with Gasteiger partial charge >= 0.3 is 6.18 Å². The van der Waals surface area contributed by atoms with E-state index in [1.165, 1.54) is 6.07 Å². The topological polar surface area (TPSA) is 49.4 Å². The van der Waals surface area contributed by atoms with Crippen molar-refractivity contribution in [2.75, 3.05) is 19.6 Å². The third-order valence-electron chi connectivity index (χ3n) is 5.77. The van der Waals surface area contributed by atoms with Crippen molar-refractivity contribution in [1.82, 2.24) is 10.2 Å². The van der Waals surface area contributed by atoms with Crippen LogP contribution in [-0.2, 0) is 11.0 Å². The van der Waals surface area contributed by atoms with Crippen molar-refractivity contribution >= 4 is 11.8 Å². The van der Waals surface area contributed by atoms with Crippen LogP contribution in [0.25, 0.3) is 0 Å². The summed E-state index contributed by atoms with van der Waals surface area (Å²) in [6, 6.07) is 3.31. The molecule has 2 aliphatic rings. The summed E-state index contributed by atoms with van der Waals surface area (Å²) in [6.45, 7) is 3.34. The largest absolute Gasteiger partial charge is 0.416 e. The summed E-state index contributed by atoms with van der Waals surface area (Å²) in [7, 11) is 0. The maximum Gasteiger partial charge on any atom is 0.416 e. The Kier molecular flexibility index (Phi) is 4.99. The van der Waals surface area contributed by atoms with Crippen LogP contribution in [0.3, 0.4) is 0 Å². The number of hydrogen-bond acceptors (Lipinski definition) is 2. The van der Waals surface area contributed by atoms with Gasteiger partial charge in [0.1, 0.15) is 0 Å². The number of carbonyl (C=O) groups is 2. The number of halogens is 3. The van der Waals surface area contributed by atoms with Crippen molar-refractivity contribution in [3.05, 3.63) is 34.9 Å². The molecule has 0 atom stereocenters. The molecule has 26 heavy (non-hydrogen) atoms. The summed E-state index contributed by atoms with van der Waals surface area (Å²) >= 11 is 0. The molecule has 2 heterocycles. The van der Waals surface area contributed by atoms with E-state index in [9.17, 15) is 22.8 Å². The van der Waals surface area contributed by atoms with Gasteiger partial charge in [-0.25, -0.2) is 0 Å². The van der Waals surface area contributed by atoms with E-state index in [2.05, 4.69) is 5.32 Å². The second-order valence-corrected chi connectivity index (χ2v) is 7.42. The molecule has 0 aliphatic carbocycles. The number of aryl methyl sites for hydroxylation is 1. The number of likely N-dealkylation sites (tertiary alicyclic amines) is 1. The zero-order valence-corrected chi connectivity index (χ0v) is 14.8. The van der Waals surface area contributed by atoms with E-state index in [1.807, 2.05) is 0 Å². The van der Waals surface area contributed by atoms with Gasteiger partial charge in [-0.1, -0.05) is 6.07 Å². The van der Waals surface area contributed by atoms with Crippen LogP contribution < -0.4 is 5.32 Å². The van der Waals surface area contributed by atoms with Gasteiger partial charge in [-0.2, -0.15) is 13.2 Å². The van der Waals surface area contributed by atoms with E-state index >= 15 is 0 Å². The van der Waals surface area contributed by atoms with E-state index < -0.39 is 11.7 Å². The zero-order valence-electron chi connectivity index (χ0n) is 14.8. The van der Waals surface area contributed by atoms with Crippen LogP contribution in [0.5, 0.6) is 0 Å². The Balaban J connectivity index is 1.72. The predicted octanol–water partition coefficient (Wildman–Crippen LogP) is 3.54. The molecular weight excluding hydrogens is 345 g/mol. The molecule has 3 rings (SSSR count). The monoisotopic (exact) mass is 368 g/mol.